The van der Waals surface area contributed by atoms with Gasteiger partial charge in [0, 0.05) is 22.8 Å². The van der Waals surface area contributed by atoms with Crippen molar-refractivity contribution in [3.05, 3.63) is 46.8 Å². The van der Waals surface area contributed by atoms with Gasteiger partial charge in [-0.1, -0.05) is 37.9 Å². The van der Waals surface area contributed by atoms with Crippen molar-refractivity contribution < 1.29 is 32.0 Å². The van der Waals surface area contributed by atoms with Gasteiger partial charge >= 0.3 is 0 Å². The van der Waals surface area contributed by atoms with Crippen molar-refractivity contribution in [3.8, 4) is 28.4 Å². The molecule has 3 rings (SSSR count). The van der Waals surface area contributed by atoms with Crippen LogP contribution in [0.15, 0.2) is 50.7 Å². The van der Waals surface area contributed by atoms with E-state index in [2.05, 4.69) is 31.9 Å². The Hall–Kier alpha value is -2.08. The van der Waals surface area contributed by atoms with Crippen LogP contribution >= 0.6 is 31.9 Å². The molecule has 0 spiro atoms. The molecule has 0 aliphatic heterocycles. The van der Waals surface area contributed by atoms with Crippen LogP contribution < -0.4 is 14.9 Å². The van der Waals surface area contributed by atoms with Crippen molar-refractivity contribution in [2.45, 2.75) is 17.7 Å². The van der Waals surface area contributed by atoms with Gasteiger partial charge in [-0.05, 0) is 30.5 Å². The van der Waals surface area contributed by atoms with Crippen LogP contribution in [0.2, 0.25) is 0 Å². The first kappa shape index (κ1) is 24.6. The van der Waals surface area contributed by atoms with Crippen molar-refractivity contribution in [1.82, 2.24) is 0 Å². The van der Waals surface area contributed by atoms with Gasteiger partial charge in [-0.3, -0.25) is 9.35 Å². The molecule has 0 saturated heterocycles. The van der Waals surface area contributed by atoms with E-state index in [1.54, 1.807) is 0 Å². The van der Waals surface area contributed by atoms with Crippen LogP contribution in [0.1, 0.15) is 12.8 Å². The molecule has 8 nitrogen and oxygen atoms in total. The molecule has 0 bridgehead atoms. The maximum atomic E-state index is 13.1. The summed E-state index contributed by atoms with van der Waals surface area (Å²) in [5, 5.41) is 11.8. The summed E-state index contributed by atoms with van der Waals surface area (Å²) in [5.41, 5.74) is -0.252. The minimum Gasteiger partial charge on any atom is -0.507 e. The second-order valence-electron chi connectivity index (χ2n) is 6.71. The summed E-state index contributed by atoms with van der Waals surface area (Å²) in [5.74, 6) is -0.00217. The second kappa shape index (κ2) is 10.7. The third-order valence-corrected chi connectivity index (χ3v) is 6.44. The average Bonchev–Trinajstić information content (AvgIpc) is 2.74. The van der Waals surface area contributed by atoms with Gasteiger partial charge in [0.2, 0.25) is 5.43 Å². The molecule has 1 heterocycles. The predicted octanol–water partition coefficient (Wildman–Crippen LogP) is 4.74. The zero-order valence-electron chi connectivity index (χ0n) is 16.7. The maximum Gasteiger partial charge on any atom is 0.298 e. The van der Waals surface area contributed by atoms with Crippen LogP contribution in [-0.2, 0) is 10.1 Å². The number of ether oxygens (including phenoxy) is 2. The molecular formula is C21H20Br2O8S. The molecule has 0 aliphatic carbocycles. The number of aromatic hydroxyl groups is 1. The Labute approximate surface area is 201 Å². The molecule has 0 atom stereocenters. The number of benzene rings is 2. The minimum atomic E-state index is -4.62. The van der Waals surface area contributed by atoms with Gasteiger partial charge in [-0.15, -0.1) is 0 Å². The molecule has 1 aromatic heterocycles. The fraction of sp³-hybridized carbons (Fsp3) is 0.286. The van der Waals surface area contributed by atoms with Crippen LogP contribution in [0, 0.1) is 0 Å². The molecule has 0 radical (unpaired) electrons. The van der Waals surface area contributed by atoms with Gasteiger partial charge in [0.15, 0.2) is 0 Å². The highest BCUT2D eigenvalue weighted by Crippen LogP contribution is 2.33. The lowest BCUT2D eigenvalue weighted by Crippen LogP contribution is -2.08. The normalized spacial score (nSPS) is 11.6. The zero-order valence-corrected chi connectivity index (χ0v) is 20.7. The third kappa shape index (κ3) is 5.64. The molecule has 172 valence electrons. The molecule has 0 aliphatic rings. The molecule has 32 heavy (non-hydrogen) atoms. The van der Waals surface area contributed by atoms with E-state index in [1.165, 1.54) is 30.5 Å². The van der Waals surface area contributed by atoms with Crippen LogP contribution in [0.5, 0.6) is 17.2 Å². The number of fused-ring (bicyclic) bond motifs is 1. The lowest BCUT2D eigenvalue weighted by atomic mass is 10.0. The summed E-state index contributed by atoms with van der Waals surface area (Å²) >= 11 is 6.56. The Kier molecular flexibility index (Phi) is 8.21. The minimum absolute atomic E-state index is 0.0117. The number of halogens is 2. The first-order valence-corrected chi connectivity index (χ1v) is 13.2. The van der Waals surface area contributed by atoms with E-state index in [4.69, 9.17) is 13.9 Å². The van der Waals surface area contributed by atoms with Crippen LogP contribution in [0.25, 0.3) is 22.1 Å². The fourth-order valence-corrected chi connectivity index (χ4v) is 4.08. The highest BCUT2D eigenvalue weighted by Gasteiger charge is 2.21. The molecule has 3 aromatic rings. The lowest BCUT2D eigenvalue weighted by Gasteiger charge is -2.12. The Morgan fingerprint density at radius 2 is 1.69 bits per heavy atom. The number of hydrogen-bond acceptors (Lipinski definition) is 7. The van der Waals surface area contributed by atoms with Gasteiger partial charge in [0.1, 0.15) is 39.4 Å². The van der Waals surface area contributed by atoms with E-state index in [0.29, 0.717) is 24.1 Å². The maximum absolute atomic E-state index is 13.1. The van der Waals surface area contributed by atoms with Gasteiger partial charge in [0.25, 0.3) is 10.1 Å². The van der Waals surface area contributed by atoms with E-state index in [0.717, 1.165) is 17.8 Å². The van der Waals surface area contributed by atoms with Crippen molar-refractivity contribution >= 4 is 52.9 Å². The number of hydrogen-bond donors (Lipinski definition) is 2. The van der Waals surface area contributed by atoms with Crippen molar-refractivity contribution in [3.63, 3.8) is 0 Å². The average molecular weight is 592 g/mol. The van der Waals surface area contributed by atoms with Crippen molar-refractivity contribution in [2.24, 2.45) is 0 Å². The largest absolute Gasteiger partial charge is 0.507 e. The molecule has 0 amide bonds. The van der Waals surface area contributed by atoms with Gasteiger partial charge in [-0.25, -0.2) is 0 Å². The highest BCUT2D eigenvalue weighted by atomic mass is 79.9. The summed E-state index contributed by atoms with van der Waals surface area (Å²) in [4.78, 5) is 12.6. The topological polar surface area (TPSA) is 123 Å². The van der Waals surface area contributed by atoms with E-state index >= 15 is 0 Å². The van der Waals surface area contributed by atoms with Crippen LogP contribution in [0.3, 0.4) is 0 Å². The summed E-state index contributed by atoms with van der Waals surface area (Å²) in [6.45, 7) is 0.653. The number of phenolic OH excluding ortho intramolecular Hbond substituents is 1. The number of rotatable bonds is 10. The van der Waals surface area contributed by atoms with E-state index < -0.39 is 20.4 Å². The highest BCUT2D eigenvalue weighted by molar-refractivity contribution is 9.09. The van der Waals surface area contributed by atoms with Crippen LogP contribution in [0.4, 0.5) is 0 Å². The Morgan fingerprint density at radius 3 is 2.34 bits per heavy atom. The molecule has 0 fully saturated rings. The van der Waals surface area contributed by atoms with Crippen LogP contribution in [-0.4, -0.2) is 42.0 Å². The Morgan fingerprint density at radius 1 is 1.00 bits per heavy atom. The summed E-state index contributed by atoms with van der Waals surface area (Å²) in [6.07, 6.45) is 2.55. The second-order valence-corrected chi connectivity index (χ2v) is 9.69. The summed E-state index contributed by atoms with van der Waals surface area (Å²) in [7, 11) is -4.62. The molecule has 0 unspecified atom stereocenters. The quantitative estimate of drug-likeness (QED) is 0.197. The predicted molar refractivity (Wildman–Crippen MR) is 127 cm³/mol. The van der Waals surface area contributed by atoms with Gasteiger partial charge < -0.3 is 19.0 Å². The van der Waals surface area contributed by atoms with Gasteiger partial charge in [-0.2, -0.15) is 8.42 Å². The van der Waals surface area contributed by atoms with Crippen molar-refractivity contribution in [2.75, 3.05) is 23.9 Å². The molecule has 2 aromatic carbocycles. The molecule has 0 saturated carbocycles. The summed E-state index contributed by atoms with van der Waals surface area (Å²) in [6, 6.07) is 6.79. The smallest absolute Gasteiger partial charge is 0.298 e. The zero-order chi connectivity index (χ0) is 23.3. The number of alkyl halides is 2. The fourth-order valence-electron chi connectivity index (χ4n) is 2.97. The van der Waals surface area contributed by atoms with E-state index in [9.17, 15) is 22.9 Å². The van der Waals surface area contributed by atoms with Crippen molar-refractivity contribution in [1.29, 1.82) is 0 Å². The molecule has 2 N–H and O–H groups in total. The van der Waals surface area contributed by atoms with E-state index in [-0.39, 0.29) is 40.2 Å². The van der Waals surface area contributed by atoms with Gasteiger partial charge in [0.05, 0.1) is 18.8 Å². The Bertz CT molecular complexity index is 1270. The first-order chi connectivity index (χ1) is 15.3. The first-order valence-electron chi connectivity index (χ1n) is 9.54. The molecular weight excluding hydrogens is 572 g/mol. The molecule has 11 heteroatoms. The number of phenols is 1. The third-order valence-electron chi connectivity index (χ3n) is 4.45. The lowest BCUT2D eigenvalue weighted by molar-refractivity contribution is 0.309. The Balaban J connectivity index is 2.05. The standard InChI is InChI=1S/C21H20Br2O8S/c22-5-1-7-29-14-10-16(24)20-18(11-14)31-12-15(21(20)25)13-3-4-17(30-8-2-6-23)19(9-13)32(26,27)28/h3-4,9-12,24H,1-2,5-8H2,(H,26,27,28). The monoisotopic (exact) mass is 590 g/mol. The SMILES string of the molecule is O=c1c(-c2ccc(OCCCBr)c(S(=O)(=O)O)c2)coc2cc(OCCCBr)cc(O)c12. The summed E-state index contributed by atoms with van der Waals surface area (Å²) < 4.78 is 49.9. The van der Waals surface area contributed by atoms with E-state index in [1.807, 2.05) is 0 Å².